The fraction of sp³-hybridized carbons (Fsp3) is 0.533. The number of hydrogen-bond donors (Lipinski definition) is 2. The molecule has 0 saturated heterocycles. The summed E-state index contributed by atoms with van der Waals surface area (Å²) in [5, 5.41) is 2.50. The highest BCUT2D eigenvalue weighted by atomic mass is 19.4. The second-order valence-electron chi connectivity index (χ2n) is 6.05. The molecular weight excluding hydrogens is 297 g/mol. The molecule has 0 radical (unpaired) electrons. The van der Waals surface area contributed by atoms with Gasteiger partial charge in [-0.15, -0.1) is 0 Å². The molecule has 3 N–H and O–H groups in total. The van der Waals surface area contributed by atoms with Crippen molar-refractivity contribution in [1.29, 1.82) is 0 Å². The van der Waals surface area contributed by atoms with E-state index in [1.807, 2.05) is 0 Å². The number of ether oxygens (including phenoxy) is 1. The van der Waals surface area contributed by atoms with Crippen molar-refractivity contribution in [3.8, 4) is 0 Å². The zero-order valence-electron chi connectivity index (χ0n) is 12.8. The zero-order valence-corrected chi connectivity index (χ0v) is 12.8. The molecule has 1 rings (SSSR count). The van der Waals surface area contributed by atoms with Crippen LogP contribution in [0, 0.1) is 0 Å². The summed E-state index contributed by atoms with van der Waals surface area (Å²) in [6.45, 7) is 5.31. The first-order chi connectivity index (χ1) is 9.97. The van der Waals surface area contributed by atoms with E-state index in [9.17, 15) is 18.0 Å². The molecule has 0 spiro atoms. The van der Waals surface area contributed by atoms with Gasteiger partial charge >= 0.3 is 12.3 Å². The van der Waals surface area contributed by atoms with Crippen molar-refractivity contribution < 1.29 is 22.7 Å². The zero-order chi connectivity index (χ0) is 17.0. The molecule has 0 aliphatic heterocycles. The number of rotatable bonds is 4. The Balaban J connectivity index is 2.52. The molecule has 0 heterocycles. The fourth-order valence-electron chi connectivity index (χ4n) is 1.78. The second kappa shape index (κ2) is 7.00. The van der Waals surface area contributed by atoms with Crippen LogP contribution in [0.4, 0.5) is 18.0 Å². The van der Waals surface area contributed by atoms with Gasteiger partial charge in [0.1, 0.15) is 5.60 Å². The van der Waals surface area contributed by atoms with Gasteiger partial charge in [-0.2, -0.15) is 13.2 Å². The Labute approximate surface area is 127 Å². The van der Waals surface area contributed by atoms with Crippen LogP contribution in [0.15, 0.2) is 24.3 Å². The summed E-state index contributed by atoms with van der Waals surface area (Å²) in [7, 11) is 0. The monoisotopic (exact) mass is 318 g/mol. The van der Waals surface area contributed by atoms with E-state index in [-0.39, 0.29) is 13.0 Å². The average molecular weight is 318 g/mol. The van der Waals surface area contributed by atoms with Gasteiger partial charge < -0.3 is 15.8 Å². The molecule has 1 atom stereocenters. The standard InChI is InChI=1S/C15H21F3N2O2/c1-14(2,3)22-13(21)20-9-12(19)8-10-5-4-6-11(7-10)15(16,17)18/h4-7,12H,8-9,19H2,1-3H3,(H,20,21)/t12-/m0/s1. The number of amides is 1. The van der Waals surface area contributed by atoms with Crippen LogP contribution in [0.5, 0.6) is 0 Å². The number of alkyl halides is 3. The predicted octanol–water partition coefficient (Wildman–Crippen LogP) is 3.10. The highest BCUT2D eigenvalue weighted by molar-refractivity contribution is 5.67. The molecule has 22 heavy (non-hydrogen) atoms. The number of carbonyl (C=O) groups is 1. The molecule has 0 bridgehead atoms. The van der Waals surface area contributed by atoms with Crippen LogP contribution in [0.1, 0.15) is 31.9 Å². The third-order valence-corrected chi connectivity index (χ3v) is 2.66. The summed E-state index contributed by atoms with van der Waals surface area (Å²) in [5.41, 5.74) is 4.96. The Hall–Kier alpha value is -1.76. The Morgan fingerprint density at radius 1 is 1.32 bits per heavy atom. The lowest BCUT2D eigenvalue weighted by Crippen LogP contribution is -2.41. The van der Waals surface area contributed by atoms with Crippen molar-refractivity contribution >= 4 is 6.09 Å². The summed E-state index contributed by atoms with van der Waals surface area (Å²) in [5.74, 6) is 0. The van der Waals surface area contributed by atoms with Crippen molar-refractivity contribution in [3.05, 3.63) is 35.4 Å². The summed E-state index contributed by atoms with van der Waals surface area (Å²) in [6.07, 6.45) is -4.76. The van der Waals surface area contributed by atoms with Crippen LogP contribution in [0.25, 0.3) is 0 Å². The van der Waals surface area contributed by atoms with E-state index in [1.54, 1.807) is 26.8 Å². The van der Waals surface area contributed by atoms with Gasteiger partial charge in [0.2, 0.25) is 0 Å². The van der Waals surface area contributed by atoms with Crippen molar-refractivity contribution in [2.45, 2.75) is 45.0 Å². The SMILES string of the molecule is CC(C)(C)OC(=O)NC[C@@H](N)Cc1cccc(C(F)(F)F)c1. The van der Waals surface area contributed by atoms with Crippen LogP contribution < -0.4 is 11.1 Å². The van der Waals surface area contributed by atoms with Gasteiger partial charge in [-0.3, -0.25) is 0 Å². The Morgan fingerprint density at radius 3 is 2.50 bits per heavy atom. The Kier molecular flexibility index (Phi) is 5.82. The topological polar surface area (TPSA) is 64.3 Å². The van der Waals surface area contributed by atoms with Crippen molar-refractivity contribution in [2.75, 3.05) is 6.54 Å². The first kappa shape index (κ1) is 18.3. The molecule has 1 amide bonds. The van der Waals surface area contributed by atoms with Crippen LogP contribution >= 0.6 is 0 Å². The van der Waals surface area contributed by atoms with Gasteiger partial charge in [-0.1, -0.05) is 18.2 Å². The molecule has 0 saturated carbocycles. The molecular formula is C15H21F3N2O2. The first-order valence-electron chi connectivity index (χ1n) is 6.86. The molecule has 7 heteroatoms. The molecule has 0 aliphatic carbocycles. The fourth-order valence-corrected chi connectivity index (χ4v) is 1.78. The maximum Gasteiger partial charge on any atom is 0.416 e. The van der Waals surface area contributed by atoms with Crippen LogP contribution in [0.3, 0.4) is 0 Å². The molecule has 0 aromatic heterocycles. The lowest BCUT2D eigenvalue weighted by atomic mass is 10.0. The van der Waals surface area contributed by atoms with E-state index in [4.69, 9.17) is 10.5 Å². The highest BCUT2D eigenvalue weighted by Crippen LogP contribution is 2.29. The smallest absolute Gasteiger partial charge is 0.416 e. The van der Waals surface area contributed by atoms with Crippen molar-refractivity contribution in [1.82, 2.24) is 5.32 Å². The summed E-state index contributed by atoms with van der Waals surface area (Å²) < 4.78 is 42.9. The molecule has 0 aliphatic rings. The van der Waals surface area contributed by atoms with Gasteiger partial charge in [0.15, 0.2) is 0 Å². The Bertz CT molecular complexity index is 510. The van der Waals surface area contributed by atoms with Crippen LogP contribution in [-0.2, 0) is 17.3 Å². The normalized spacial score (nSPS) is 13.6. The number of halogens is 3. The predicted molar refractivity (Wildman–Crippen MR) is 77.4 cm³/mol. The molecule has 124 valence electrons. The van der Waals surface area contributed by atoms with E-state index in [1.165, 1.54) is 6.07 Å². The second-order valence-corrected chi connectivity index (χ2v) is 6.05. The molecule has 0 fully saturated rings. The van der Waals surface area contributed by atoms with Gasteiger partial charge in [0.25, 0.3) is 0 Å². The lowest BCUT2D eigenvalue weighted by Gasteiger charge is -2.21. The summed E-state index contributed by atoms with van der Waals surface area (Å²) >= 11 is 0. The number of nitrogens with one attached hydrogen (secondary N) is 1. The van der Waals surface area contributed by atoms with Gasteiger partial charge in [-0.25, -0.2) is 4.79 Å². The summed E-state index contributed by atoms with van der Waals surface area (Å²) in [6, 6.07) is 4.48. The molecule has 1 aromatic rings. The first-order valence-corrected chi connectivity index (χ1v) is 6.86. The maximum atomic E-state index is 12.6. The quantitative estimate of drug-likeness (QED) is 0.896. The third kappa shape index (κ3) is 6.80. The van der Waals surface area contributed by atoms with E-state index in [2.05, 4.69) is 5.32 Å². The van der Waals surface area contributed by atoms with E-state index in [0.29, 0.717) is 5.56 Å². The number of nitrogens with two attached hydrogens (primary N) is 1. The molecule has 4 nitrogen and oxygen atoms in total. The number of benzene rings is 1. The third-order valence-electron chi connectivity index (χ3n) is 2.66. The number of carbonyl (C=O) groups excluding carboxylic acids is 1. The van der Waals surface area contributed by atoms with Crippen molar-refractivity contribution in [2.24, 2.45) is 5.73 Å². The van der Waals surface area contributed by atoms with Crippen LogP contribution in [-0.4, -0.2) is 24.3 Å². The van der Waals surface area contributed by atoms with Crippen LogP contribution in [0.2, 0.25) is 0 Å². The number of hydrogen-bond acceptors (Lipinski definition) is 3. The molecule has 0 unspecified atom stereocenters. The highest BCUT2D eigenvalue weighted by Gasteiger charge is 2.30. The van der Waals surface area contributed by atoms with Gasteiger partial charge in [0, 0.05) is 12.6 Å². The molecule has 1 aromatic carbocycles. The van der Waals surface area contributed by atoms with Gasteiger partial charge in [-0.05, 0) is 38.8 Å². The average Bonchev–Trinajstić information content (AvgIpc) is 2.34. The Morgan fingerprint density at radius 2 is 1.95 bits per heavy atom. The maximum absolute atomic E-state index is 12.6. The van der Waals surface area contributed by atoms with Gasteiger partial charge in [0.05, 0.1) is 5.56 Å². The van der Waals surface area contributed by atoms with Crippen molar-refractivity contribution in [3.63, 3.8) is 0 Å². The van der Waals surface area contributed by atoms with E-state index < -0.39 is 29.5 Å². The van der Waals surface area contributed by atoms with E-state index >= 15 is 0 Å². The minimum atomic E-state index is -4.38. The number of alkyl carbamates (subject to hydrolysis) is 1. The minimum Gasteiger partial charge on any atom is -0.444 e. The minimum absolute atomic E-state index is 0.116. The summed E-state index contributed by atoms with van der Waals surface area (Å²) in [4.78, 5) is 11.5. The largest absolute Gasteiger partial charge is 0.444 e. The van der Waals surface area contributed by atoms with E-state index in [0.717, 1.165) is 12.1 Å². The lowest BCUT2D eigenvalue weighted by molar-refractivity contribution is -0.137.